The molecule has 1 aliphatic rings. The Morgan fingerprint density at radius 2 is 1.88 bits per heavy atom. The second-order valence-electron chi connectivity index (χ2n) is 5.84. The van der Waals surface area contributed by atoms with E-state index in [0.29, 0.717) is 13.1 Å². The molecule has 1 N–H and O–H groups in total. The van der Waals surface area contributed by atoms with Crippen molar-refractivity contribution in [2.75, 3.05) is 36.4 Å². The number of carbonyl (C=O) groups excluding carboxylic acids is 1. The van der Waals surface area contributed by atoms with Gasteiger partial charge in [-0.25, -0.2) is 4.79 Å². The largest absolute Gasteiger partial charge is 0.368 e. The van der Waals surface area contributed by atoms with E-state index in [1.807, 2.05) is 54.3 Å². The summed E-state index contributed by atoms with van der Waals surface area (Å²) < 4.78 is 1.01. The predicted octanol–water partition coefficient (Wildman–Crippen LogP) is 4.77. The normalized spacial score (nSPS) is 14.6. The Labute approximate surface area is 155 Å². The van der Waals surface area contributed by atoms with Crippen LogP contribution >= 0.6 is 27.5 Å². The van der Waals surface area contributed by atoms with Gasteiger partial charge in [0, 0.05) is 47.0 Å². The fraction of sp³-hybridized carbons (Fsp3) is 0.278. The summed E-state index contributed by atoms with van der Waals surface area (Å²) in [7, 11) is 0. The third-order valence-electron chi connectivity index (χ3n) is 4.17. The lowest BCUT2D eigenvalue weighted by Gasteiger charge is -2.36. The Morgan fingerprint density at radius 1 is 1.12 bits per heavy atom. The molecule has 1 aliphatic heterocycles. The van der Waals surface area contributed by atoms with Gasteiger partial charge in [0.25, 0.3) is 0 Å². The number of piperazine rings is 1. The molecule has 2 aromatic rings. The molecule has 3 rings (SSSR count). The van der Waals surface area contributed by atoms with Crippen LogP contribution in [0.2, 0.25) is 5.02 Å². The van der Waals surface area contributed by atoms with E-state index in [1.54, 1.807) is 0 Å². The van der Waals surface area contributed by atoms with Crippen molar-refractivity contribution in [3.05, 3.63) is 57.5 Å². The minimum atomic E-state index is -0.0498. The number of aryl methyl sites for hydroxylation is 1. The molecule has 1 saturated heterocycles. The molecule has 6 heteroatoms. The number of halogens is 2. The monoisotopic (exact) mass is 407 g/mol. The quantitative estimate of drug-likeness (QED) is 0.777. The van der Waals surface area contributed by atoms with E-state index >= 15 is 0 Å². The van der Waals surface area contributed by atoms with Crippen molar-refractivity contribution in [1.29, 1.82) is 0 Å². The summed E-state index contributed by atoms with van der Waals surface area (Å²) in [5, 5.41) is 3.73. The summed E-state index contributed by atoms with van der Waals surface area (Å²) in [6.07, 6.45) is 0. The second-order valence-corrected chi connectivity index (χ2v) is 7.20. The molecule has 0 aromatic heterocycles. The third kappa shape index (κ3) is 4.02. The molecule has 0 atom stereocenters. The molecule has 4 nitrogen and oxygen atoms in total. The molecule has 0 spiro atoms. The standard InChI is InChI=1S/C18H19BrClN3O/c1-13-11-14(19)5-6-17(13)21-18(24)23-9-7-22(8-10-23)16-4-2-3-15(20)12-16/h2-6,11-12H,7-10H2,1H3,(H,21,24). The van der Waals surface area contributed by atoms with Crippen LogP contribution < -0.4 is 10.2 Å². The highest BCUT2D eigenvalue weighted by Crippen LogP contribution is 2.22. The molecule has 0 saturated carbocycles. The van der Waals surface area contributed by atoms with Gasteiger partial charge in [-0.15, -0.1) is 0 Å². The number of nitrogens with zero attached hydrogens (tertiary/aromatic N) is 2. The number of nitrogens with one attached hydrogen (secondary N) is 1. The van der Waals surface area contributed by atoms with Crippen LogP contribution in [0.5, 0.6) is 0 Å². The van der Waals surface area contributed by atoms with Crippen LogP contribution in [0.1, 0.15) is 5.56 Å². The molecule has 126 valence electrons. The van der Waals surface area contributed by atoms with Gasteiger partial charge < -0.3 is 15.1 Å². The molecular formula is C18H19BrClN3O. The minimum absolute atomic E-state index is 0.0498. The highest BCUT2D eigenvalue weighted by Gasteiger charge is 2.21. The summed E-state index contributed by atoms with van der Waals surface area (Å²) in [5.41, 5.74) is 2.99. The number of urea groups is 1. The lowest BCUT2D eigenvalue weighted by Crippen LogP contribution is -2.50. The van der Waals surface area contributed by atoms with Crippen molar-refractivity contribution in [1.82, 2.24) is 4.90 Å². The van der Waals surface area contributed by atoms with Crippen molar-refractivity contribution < 1.29 is 4.79 Å². The number of hydrogen-bond acceptors (Lipinski definition) is 2. The Hall–Kier alpha value is -1.72. The van der Waals surface area contributed by atoms with E-state index < -0.39 is 0 Å². The van der Waals surface area contributed by atoms with E-state index in [2.05, 4.69) is 26.1 Å². The number of amides is 2. The smallest absolute Gasteiger partial charge is 0.321 e. The molecule has 0 radical (unpaired) electrons. The zero-order valence-electron chi connectivity index (χ0n) is 13.4. The van der Waals surface area contributed by atoms with Gasteiger partial charge in [-0.3, -0.25) is 0 Å². The molecule has 1 fully saturated rings. The van der Waals surface area contributed by atoms with Crippen LogP contribution in [-0.4, -0.2) is 37.1 Å². The zero-order valence-corrected chi connectivity index (χ0v) is 15.8. The summed E-state index contributed by atoms with van der Waals surface area (Å²) >= 11 is 9.49. The number of rotatable bonds is 2. The molecule has 2 aromatic carbocycles. The Balaban J connectivity index is 1.59. The maximum Gasteiger partial charge on any atom is 0.321 e. The summed E-state index contributed by atoms with van der Waals surface area (Å²) in [6, 6.07) is 13.6. The average molecular weight is 409 g/mol. The molecule has 0 bridgehead atoms. The van der Waals surface area contributed by atoms with Crippen LogP contribution in [0.15, 0.2) is 46.9 Å². The van der Waals surface area contributed by atoms with Crippen LogP contribution in [0, 0.1) is 6.92 Å². The first-order valence-electron chi connectivity index (χ1n) is 7.85. The van der Waals surface area contributed by atoms with Gasteiger partial charge in [-0.2, -0.15) is 0 Å². The highest BCUT2D eigenvalue weighted by atomic mass is 79.9. The molecule has 24 heavy (non-hydrogen) atoms. The van der Waals surface area contributed by atoms with Crippen LogP contribution in [0.3, 0.4) is 0 Å². The van der Waals surface area contributed by atoms with Gasteiger partial charge in [0.1, 0.15) is 0 Å². The maximum absolute atomic E-state index is 12.5. The van der Waals surface area contributed by atoms with E-state index in [1.165, 1.54) is 0 Å². The zero-order chi connectivity index (χ0) is 17.1. The van der Waals surface area contributed by atoms with Gasteiger partial charge in [0.15, 0.2) is 0 Å². The van der Waals surface area contributed by atoms with E-state index in [9.17, 15) is 4.79 Å². The summed E-state index contributed by atoms with van der Waals surface area (Å²) in [4.78, 5) is 16.6. The Morgan fingerprint density at radius 3 is 2.54 bits per heavy atom. The number of anilines is 2. The van der Waals surface area contributed by atoms with Gasteiger partial charge in [-0.05, 0) is 48.9 Å². The molecule has 2 amide bonds. The van der Waals surface area contributed by atoms with E-state index in [0.717, 1.165) is 39.5 Å². The molecule has 1 heterocycles. The fourth-order valence-electron chi connectivity index (χ4n) is 2.80. The Kier molecular flexibility index (Phi) is 5.31. The predicted molar refractivity (Wildman–Crippen MR) is 103 cm³/mol. The first kappa shape index (κ1) is 17.1. The van der Waals surface area contributed by atoms with Crippen molar-refractivity contribution in [3.63, 3.8) is 0 Å². The van der Waals surface area contributed by atoms with Gasteiger partial charge in [-0.1, -0.05) is 33.6 Å². The Bertz CT molecular complexity index is 745. The van der Waals surface area contributed by atoms with E-state index in [-0.39, 0.29) is 6.03 Å². The lowest BCUT2D eigenvalue weighted by molar-refractivity contribution is 0.208. The lowest BCUT2D eigenvalue weighted by atomic mass is 10.2. The van der Waals surface area contributed by atoms with Crippen molar-refractivity contribution >= 4 is 44.9 Å². The van der Waals surface area contributed by atoms with Gasteiger partial charge in [0.2, 0.25) is 0 Å². The summed E-state index contributed by atoms with van der Waals surface area (Å²) in [5.74, 6) is 0. The fourth-order valence-corrected chi connectivity index (χ4v) is 3.46. The van der Waals surface area contributed by atoms with Crippen molar-refractivity contribution in [2.24, 2.45) is 0 Å². The second kappa shape index (κ2) is 7.45. The number of hydrogen-bond donors (Lipinski definition) is 1. The molecule has 0 aliphatic carbocycles. The summed E-state index contributed by atoms with van der Waals surface area (Å²) in [6.45, 7) is 4.96. The number of carbonyl (C=O) groups is 1. The van der Waals surface area contributed by atoms with Crippen molar-refractivity contribution in [3.8, 4) is 0 Å². The van der Waals surface area contributed by atoms with E-state index in [4.69, 9.17) is 11.6 Å². The topological polar surface area (TPSA) is 35.6 Å². The van der Waals surface area contributed by atoms with Crippen LogP contribution in [0.4, 0.5) is 16.2 Å². The van der Waals surface area contributed by atoms with Crippen LogP contribution in [0.25, 0.3) is 0 Å². The van der Waals surface area contributed by atoms with Crippen LogP contribution in [-0.2, 0) is 0 Å². The molecular weight excluding hydrogens is 390 g/mol. The first-order valence-corrected chi connectivity index (χ1v) is 9.02. The average Bonchev–Trinajstić information content (AvgIpc) is 2.57. The third-order valence-corrected chi connectivity index (χ3v) is 4.90. The SMILES string of the molecule is Cc1cc(Br)ccc1NC(=O)N1CCN(c2cccc(Cl)c2)CC1. The molecule has 0 unspecified atom stereocenters. The minimum Gasteiger partial charge on any atom is -0.368 e. The van der Waals surface area contributed by atoms with Gasteiger partial charge in [0.05, 0.1) is 0 Å². The highest BCUT2D eigenvalue weighted by molar-refractivity contribution is 9.10. The first-order chi connectivity index (χ1) is 11.5. The van der Waals surface area contributed by atoms with Crippen molar-refractivity contribution in [2.45, 2.75) is 6.92 Å². The number of benzene rings is 2. The van der Waals surface area contributed by atoms with Gasteiger partial charge >= 0.3 is 6.03 Å². The maximum atomic E-state index is 12.5.